The molecule has 0 aliphatic carbocycles. The van der Waals surface area contributed by atoms with Crippen molar-refractivity contribution in [2.45, 2.75) is 13.8 Å². The molecule has 0 unspecified atom stereocenters. The number of hydrogen-bond donors (Lipinski definition) is 2. The lowest BCUT2D eigenvalue weighted by molar-refractivity contribution is 0.102. The first-order valence-corrected chi connectivity index (χ1v) is 7.59. The van der Waals surface area contributed by atoms with Gasteiger partial charge in [0.25, 0.3) is 5.91 Å². The third kappa shape index (κ3) is 3.72. The summed E-state index contributed by atoms with van der Waals surface area (Å²) in [6.07, 6.45) is 0. The molecule has 1 amide bonds. The maximum Gasteiger partial charge on any atom is 0.257 e. The lowest BCUT2D eigenvalue weighted by atomic mass is 10.1. The number of benzene rings is 2. The predicted molar refractivity (Wildman–Crippen MR) is 92.5 cm³/mol. The number of hydrogen-bond acceptors (Lipinski definition) is 2. The van der Waals surface area contributed by atoms with Crippen LogP contribution in [0.4, 0.5) is 11.4 Å². The monoisotopic (exact) mass is 380 g/mol. The molecule has 3 nitrogen and oxygen atoms in total. The highest BCUT2D eigenvalue weighted by Crippen LogP contribution is 2.20. The molecule has 2 N–H and O–H groups in total. The number of halogens is 1. The van der Waals surface area contributed by atoms with Gasteiger partial charge in [0.15, 0.2) is 0 Å². The average molecular weight is 380 g/mol. The summed E-state index contributed by atoms with van der Waals surface area (Å²) in [5.74, 6) is -0.0945. The van der Waals surface area contributed by atoms with E-state index < -0.39 is 0 Å². The van der Waals surface area contributed by atoms with Gasteiger partial charge in [0.2, 0.25) is 0 Å². The Hall–Kier alpha value is -1.56. The van der Waals surface area contributed by atoms with Gasteiger partial charge in [-0.2, -0.15) is 0 Å². The minimum absolute atomic E-state index is 0.0945. The van der Waals surface area contributed by atoms with E-state index in [9.17, 15) is 4.79 Å². The molecular formula is C16H17IN2O. The van der Waals surface area contributed by atoms with Crippen molar-refractivity contribution in [3.63, 3.8) is 0 Å². The van der Waals surface area contributed by atoms with Gasteiger partial charge in [-0.05, 0) is 72.3 Å². The molecule has 2 rings (SSSR count). The van der Waals surface area contributed by atoms with Gasteiger partial charge in [-0.1, -0.05) is 12.1 Å². The first-order chi connectivity index (χ1) is 9.60. The van der Waals surface area contributed by atoms with E-state index in [2.05, 4.69) is 33.2 Å². The summed E-state index contributed by atoms with van der Waals surface area (Å²) in [7, 11) is 0. The molecule has 0 atom stereocenters. The van der Waals surface area contributed by atoms with Crippen molar-refractivity contribution < 1.29 is 4.79 Å². The van der Waals surface area contributed by atoms with Crippen LogP contribution in [0.1, 0.15) is 22.8 Å². The number of anilines is 2. The molecule has 0 aliphatic rings. The van der Waals surface area contributed by atoms with Crippen molar-refractivity contribution in [3.8, 4) is 0 Å². The molecule has 20 heavy (non-hydrogen) atoms. The van der Waals surface area contributed by atoms with Gasteiger partial charge in [0.05, 0.1) is 5.56 Å². The Kier molecular flexibility index (Phi) is 5.00. The minimum Gasteiger partial charge on any atom is -0.385 e. The van der Waals surface area contributed by atoms with Gasteiger partial charge in [0.1, 0.15) is 0 Å². The molecular weight excluding hydrogens is 363 g/mol. The van der Waals surface area contributed by atoms with Crippen LogP contribution in [-0.4, -0.2) is 12.5 Å². The van der Waals surface area contributed by atoms with Crippen LogP contribution in [0, 0.1) is 10.5 Å². The van der Waals surface area contributed by atoms with Crippen LogP contribution in [0.3, 0.4) is 0 Å². The Morgan fingerprint density at radius 1 is 1.20 bits per heavy atom. The highest BCUT2D eigenvalue weighted by molar-refractivity contribution is 14.1. The van der Waals surface area contributed by atoms with Crippen LogP contribution in [0.15, 0.2) is 42.5 Å². The zero-order valence-electron chi connectivity index (χ0n) is 11.5. The maximum atomic E-state index is 12.4. The van der Waals surface area contributed by atoms with E-state index in [1.165, 1.54) is 0 Å². The van der Waals surface area contributed by atoms with E-state index in [-0.39, 0.29) is 5.91 Å². The van der Waals surface area contributed by atoms with E-state index in [1.807, 2.05) is 56.3 Å². The van der Waals surface area contributed by atoms with Crippen LogP contribution in [0.2, 0.25) is 0 Å². The molecule has 0 fully saturated rings. The quantitative estimate of drug-likeness (QED) is 0.778. The smallest absolute Gasteiger partial charge is 0.257 e. The molecule has 0 spiro atoms. The fraction of sp³-hybridized carbons (Fsp3) is 0.188. The molecule has 0 bridgehead atoms. The Labute approximate surface area is 132 Å². The van der Waals surface area contributed by atoms with Gasteiger partial charge >= 0.3 is 0 Å². The summed E-state index contributed by atoms with van der Waals surface area (Å²) < 4.78 is 1.09. The topological polar surface area (TPSA) is 41.1 Å². The van der Waals surface area contributed by atoms with Crippen LogP contribution in [0.5, 0.6) is 0 Å². The molecule has 0 saturated carbocycles. The van der Waals surface area contributed by atoms with Gasteiger partial charge in [-0.15, -0.1) is 0 Å². The Bertz CT molecular complexity index is 626. The van der Waals surface area contributed by atoms with Crippen molar-refractivity contribution in [3.05, 3.63) is 57.2 Å². The third-order valence-corrected chi connectivity index (χ3v) is 3.54. The molecule has 2 aromatic carbocycles. The number of amides is 1. The van der Waals surface area contributed by atoms with Gasteiger partial charge in [-0.25, -0.2) is 0 Å². The lowest BCUT2D eigenvalue weighted by Crippen LogP contribution is -2.15. The predicted octanol–water partition coefficient (Wildman–Crippen LogP) is 4.28. The highest BCUT2D eigenvalue weighted by atomic mass is 127. The van der Waals surface area contributed by atoms with E-state index in [1.54, 1.807) is 0 Å². The van der Waals surface area contributed by atoms with Crippen molar-refractivity contribution in [2.24, 2.45) is 0 Å². The fourth-order valence-corrected chi connectivity index (χ4v) is 2.50. The summed E-state index contributed by atoms with van der Waals surface area (Å²) in [6, 6.07) is 13.6. The summed E-state index contributed by atoms with van der Waals surface area (Å²) in [5.41, 5.74) is 3.48. The zero-order valence-corrected chi connectivity index (χ0v) is 13.7. The summed E-state index contributed by atoms with van der Waals surface area (Å²) >= 11 is 2.23. The Morgan fingerprint density at radius 2 is 2.00 bits per heavy atom. The van der Waals surface area contributed by atoms with E-state index in [4.69, 9.17) is 0 Å². The molecule has 2 aromatic rings. The maximum absolute atomic E-state index is 12.4. The van der Waals surface area contributed by atoms with Crippen molar-refractivity contribution in [1.29, 1.82) is 0 Å². The van der Waals surface area contributed by atoms with Crippen LogP contribution in [0.25, 0.3) is 0 Å². The van der Waals surface area contributed by atoms with E-state index in [0.29, 0.717) is 5.56 Å². The number of rotatable bonds is 4. The van der Waals surface area contributed by atoms with Crippen LogP contribution in [-0.2, 0) is 0 Å². The highest BCUT2D eigenvalue weighted by Gasteiger charge is 2.11. The second kappa shape index (κ2) is 6.74. The van der Waals surface area contributed by atoms with Crippen LogP contribution < -0.4 is 10.6 Å². The Morgan fingerprint density at radius 3 is 2.70 bits per heavy atom. The Balaban J connectivity index is 2.24. The van der Waals surface area contributed by atoms with Crippen molar-refractivity contribution in [2.75, 3.05) is 17.2 Å². The summed E-state index contributed by atoms with van der Waals surface area (Å²) in [5, 5.41) is 6.17. The van der Waals surface area contributed by atoms with E-state index in [0.717, 1.165) is 27.1 Å². The van der Waals surface area contributed by atoms with Gasteiger partial charge in [0, 0.05) is 21.5 Å². The van der Waals surface area contributed by atoms with E-state index >= 15 is 0 Å². The van der Waals surface area contributed by atoms with Crippen molar-refractivity contribution in [1.82, 2.24) is 0 Å². The molecule has 0 saturated heterocycles. The first kappa shape index (κ1) is 14.8. The second-order valence-corrected chi connectivity index (χ2v) is 5.79. The largest absolute Gasteiger partial charge is 0.385 e. The molecule has 4 heteroatoms. The summed E-state index contributed by atoms with van der Waals surface area (Å²) in [4.78, 5) is 12.4. The second-order valence-electron chi connectivity index (χ2n) is 4.54. The minimum atomic E-state index is -0.0945. The summed E-state index contributed by atoms with van der Waals surface area (Å²) in [6.45, 7) is 4.82. The fourth-order valence-electron chi connectivity index (χ4n) is 1.96. The van der Waals surface area contributed by atoms with Gasteiger partial charge in [-0.3, -0.25) is 4.79 Å². The number of nitrogens with one attached hydrogen (secondary N) is 2. The lowest BCUT2D eigenvalue weighted by Gasteiger charge is -2.12. The normalized spacial score (nSPS) is 10.2. The molecule has 0 aliphatic heterocycles. The zero-order chi connectivity index (χ0) is 14.5. The standard InChI is InChI=1S/C16H17IN2O/c1-3-18-15-9-11(2)7-8-14(15)16(20)19-13-6-4-5-12(17)10-13/h4-10,18H,3H2,1-2H3,(H,19,20). The SMILES string of the molecule is CCNc1cc(C)ccc1C(=O)Nc1cccc(I)c1. The molecule has 104 valence electrons. The number of carbonyl (C=O) groups is 1. The molecule has 0 heterocycles. The number of carbonyl (C=O) groups excluding carboxylic acids is 1. The third-order valence-electron chi connectivity index (χ3n) is 2.87. The first-order valence-electron chi connectivity index (χ1n) is 6.51. The van der Waals surface area contributed by atoms with Crippen LogP contribution >= 0.6 is 22.6 Å². The number of aryl methyl sites for hydroxylation is 1. The average Bonchev–Trinajstić information content (AvgIpc) is 2.39. The molecule has 0 aromatic heterocycles. The molecule has 0 radical (unpaired) electrons. The van der Waals surface area contributed by atoms with Gasteiger partial charge < -0.3 is 10.6 Å². The van der Waals surface area contributed by atoms with Crippen molar-refractivity contribution >= 4 is 39.9 Å².